The first-order valence-electron chi connectivity index (χ1n) is 12.9. The number of nitrogens with zero attached hydrogens (tertiary/aromatic N) is 5. The predicted octanol–water partition coefficient (Wildman–Crippen LogP) is 6.78. The van der Waals surface area contributed by atoms with Crippen LogP contribution in [-0.2, 0) is 0 Å². The maximum Gasteiger partial charge on any atom is 0.573 e. The van der Waals surface area contributed by atoms with E-state index in [-0.39, 0.29) is 12.3 Å². The van der Waals surface area contributed by atoms with Gasteiger partial charge in [0.05, 0.1) is 12.2 Å². The monoisotopic (exact) mass is 598 g/mol. The lowest BCUT2D eigenvalue weighted by Gasteiger charge is -2.22. The molecule has 218 valence electrons. The number of aromatic nitrogens is 3. The Morgan fingerprint density at radius 1 is 1.07 bits per heavy atom. The highest BCUT2D eigenvalue weighted by molar-refractivity contribution is 8.14. The first kappa shape index (κ1) is 29.1. The fraction of sp³-hybridized carbons (Fsp3) is 0.241. The fourth-order valence-corrected chi connectivity index (χ4v) is 5.46. The van der Waals surface area contributed by atoms with Crippen molar-refractivity contribution in [1.29, 1.82) is 0 Å². The van der Waals surface area contributed by atoms with Crippen molar-refractivity contribution in [3.05, 3.63) is 89.7 Å². The Balaban J connectivity index is 1.18. The SMILES string of the molecule is Cc1cccc(C)c1N1CCS/C1=N\C(=O)NCC(F)c1ccc(-c2ncn(-c3ccc(OC(F)(F)F)cc3)n2)cc1. The molecule has 2 amide bonds. The molecular weight excluding hydrogens is 572 g/mol. The number of nitrogens with one attached hydrogen (secondary N) is 1. The minimum atomic E-state index is -4.77. The van der Waals surface area contributed by atoms with Crippen LogP contribution in [0.1, 0.15) is 22.9 Å². The van der Waals surface area contributed by atoms with E-state index in [2.05, 4.69) is 25.1 Å². The Hall–Kier alpha value is -4.39. The standard InChI is InChI=1S/C29H26F4N6O2S/c1-18-4-3-5-19(2)25(18)38-14-15-42-28(38)36-27(40)34-16-24(30)20-6-8-21(9-7-20)26-35-17-39(37-26)22-10-12-23(13-11-22)41-29(31,32)33/h3-13,17,24H,14-16H2,1-2H3,(H,34,40)/b36-28-. The second-order valence-corrected chi connectivity index (χ2v) is 10.5. The van der Waals surface area contributed by atoms with Crippen molar-refractivity contribution in [1.82, 2.24) is 20.1 Å². The van der Waals surface area contributed by atoms with Crippen molar-refractivity contribution in [3.63, 3.8) is 0 Å². The largest absolute Gasteiger partial charge is 0.573 e. The zero-order chi connectivity index (χ0) is 29.9. The number of benzene rings is 3. The topological polar surface area (TPSA) is 84.6 Å². The van der Waals surface area contributed by atoms with Gasteiger partial charge in [0.1, 0.15) is 18.2 Å². The third-order valence-electron chi connectivity index (χ3n) is 6.47. The maximum atomic E-state index is 15.0. The van der Waals surface area contributed by atoms with Crippen LogP contribution in [0.5, 0.6) is 5.75 Å². The van der Waals surface area contributed by atoms with Crippen LogP contribution in [0.25, 0.3) is 17.1 Å². The van der Waals surface area contributed by atoms with E-state index in [0.29, 0.717) is 27.8 Å². The number of anilines is 1. The van der Waals surface area contributed by atoms with Crippen LogP contribution in [0, 0.1) is 13.8 Å². The Bertz CT molecular complexity index is 1570. The molecule has 2 heterocycles. The summed E-state index contributed by atoms with van der Waals surface area (Å²) in [6, 6.07) is 17.1. The molecule has 0 aliphatic carbocycles. The zero-order valence-electron chi connectivity index (χ0n) is 22.6. The van der Waals surface area contributed by atoms with Gasteiger partial charge in [-0.15, -0.1) is 18.3 Å². The molecule has 1 aliphatic heterocycles. The molecule has 42 heavy (non-hydrogen) atoms. The van der Waals surface area contributed by atoms with Crippen LogP contribution in [0.3, 0.4) is 0 Å². The number of thioether (sulfide) groups is 1. The van der Waals surface area contributed by atoms with Crippen LogP contribution in [0.15, 0.2) is 78.0 Å². The fourth-order valence-electron chi connectivity index (χ4n) is 4.52. The quantitative estimate of drug-likeness (QED) is 0.236. The van der Waals surface area contributed by atoms with Crippen LogP contribution in [0.2, 0.25) is 0 Å². The van der Waals surface area contributed by atoms with Crippen molar-refractivity contribution in [2.75, 3.05) is 23.7 Å². The van der Waals surface area contributed by atoms with E-state index in [9.17, 15) is 22.4 Å². The second-order valence-electron chi connectivity index (χ2n) is 9.46. The van der Waals surface area contributed by atoms with Crippen molar-refractivity contribution in [2.24, 2.45) is 4.99 Å². The number of amidine groups is 1. The summed E-state index contributed by atoms with van der Waals surface area (Å²) >= 11 is 1.49. The zero-order valence-corrected chi connectivity index (χ0v) is 23.4. The Kier molecular flexibility index (Phi) is 8.48. The highest BCUT2D eigenvalue weighted by Gasteiger charge is 2.31. The lowest BCUT2D eigenvalue weighted by molar-refractivity contribution is -0.274. The molecule has 0 bridgehead atoms. The van der Waals surface area contributed by atoms with Crippen molar-refractivity contribution in [3.8, 4) is 22.8 Å². The molecule has 1 aromatic heterocycles. The summed E-state index contributed by atoms with van der Waals surface area (Å²) in [4.78, 5) is 23.0. The summed E-state index contributed by atoms with van der Waals surface area (Å²) in [5, 5.41) is 7.49. The number of carbonyl (C=O) groups is 1. The summed E-state index contributed by atoms with van der Waals surface area (Å²) in [6.07, 6.45) is -4.82. The van der Waals surface area contributed by atoms with Crippen LogP contribution in [-0.4, -0.2) is 51.2 Å². The number of alkyl halides is 4. The number of halogens is 4. The first-order chi connectivity index (χ1) is 20.1. The van der Waals surface area contributed by atoms with E-state index in [0.717, 1.165) is 29.1 Å². The van der Waals surface area contributed by atoms with E-state index in [1.54, 1.807) is 24.3 Å². The summed E-state index contributed by atoms with van der Waals surface area (Å²) in [5.41, 5.74) is 4.67. The molecule has 0 radical (unpaired) electrons. The van der Waals surface area contributed by atoms with E-state index < -0.39 is 18.6 Å². The number of rotatable bonds is 7. The third-order valence-corrected chi connectivity index (χ3v) is 7.43. The average Bonchev–Trinajstić information content (AvgIpc) is 3.62. The lowest BCUT2D eigenvalue weighted by atomic mass is 10.1. The number of aryl methyl sites for hydroxylation is 2. The molecule has 5 rings (SSSR count). The number of amides is 2. The molecule has 4 aromatic rings. The highest BCUT2D eigenvalue weighted by Crippen LogP contribution is 2.31. The predicted molar refractivity (Wildman–Crippen MR) is 154 cm³/mol. The van der Waals surface area contributed by atoms with Gasteiger partial charge in [0, 0.05) is 23.5 Å². The molecule has 1 saturated heterocycles. The summed E-state index contributed by atoms with van der Waals surface area (Å²) in [6.45, 7) is 4.52. The molecule has 13 heteroatoms. The summed E-state index contributed by atoms with van der Waals surface area (Å²) in [5.74, 6) is 0.802. The number of carbonyl (C=O) groups excluding carboxylic acids is 1. The molecule has 1 N–H and O–H groups in total. The Morgan fingerprint density at radius 2 is 1.76 bits per heavy atom. The van der Waals surface area contributed by atoms with Gasteiger partial charge in [-0.3, -0.25) is 0 Å². The lowest BCUT2D eigenvalue weighted by Crippen LogP contribution is -2.29. The molecule has 1 atom stereocenters. The average molecular weight is 599 g/mol. The van der Waals surface area contributed by atoms with Gasteiger partial charge in [-0.05, 0) is 54.8 Å². The van der Waals surface area contributed by atoms with Crippen LogP contribution < -0.4 is 15.0 Å². The number of urea groups is 1. The molecule has 3 aromatic carbocycles. The molecular formula is C29H26F4N6O2S. The maximum absolute atomic E-state index is 15.0. The van der Waals surface area contributed by atoms with E-state index in [1.165, 1.54) is 47.0 Å². The smallest absolute Gasteiger partial charge is 0.406 e. The third kappa shape index (κ3) is 6.90. The van der Waals surface area contributed by atoms with Crippen LogP contribution in [0.4, 0.5) is 28.0 Å². The number of hydrogen-bond acceptors (Lipinski definition) is 5. The Morgan fingerprint density at radius 3 is 2.43 bits per heavy atom. The van der Waals surface area contributed by atoms with E-state index in [4.69, 9.17) is 0 Å². The molecule has 1 fully saturated rings. The minimum Gasteiger partial charge on any atom is -0.406 e. The van der Waals surface area contributed by atoms with Crippen molar-refractivity contribution < 1.29 is 27.1 Å². The van der Waals surface area contributed by atoms with Gasteiger partial charge in [-0.25, -0.2) is 18.9 Å². The van der Waals surface area contributed by atoms with Gasteiger partial charge in [0.2, 0.25) is 0 Å². The summed E-state index contributed by atoms with van der Waals surface area (Å²) in [7, 11) is 0. The number of aliphatic imine (C=N–C) groups is 1. The van der Waals surface area contributed by atoms with Crippen molar-refractivity contribution in [2.45, 2.75) is 26.4 Å². The molecule has 1 aliphatic rings. The van der Waals surface area contributed by atoms with Crippen molar-refractivity contribution >= 4 is 28.6 Å². The summed E-state index contributed by atoms with van der Waals surface area (Å²) < 4.78 is 57.4. The van der Waals surface area contributed by atoms with E-state index in [1.807, 2.05) is 36.9 Å². The van der Waals surface area contributed by atoms with Gasteiger partial charge >= 0.3 is 12.4 Å². The molecule has 0 spiro atoms. The van der Waals surface area contributed by atoms with Gasteiger partial charge in [-0.1, -0.05) is 54.2 Å². The second kappa shape index (κ2) is 12.2. The van der Waals surface area contributed by atoms with Gasteiger partial charge in [0.15, 0.2) is 11.0 Å². The normalized spacial score (nSPS) is 15.2. The van der Waals surface area contributed by atoms with Gasteiger partial charge in [0.25, 0.3) is 0 Å². The molecule has 0 saturated carbocycles. The first-order valence-corrected chi connectivity index (χ1v) is 13.9. The van der Waals surface area contributed by atoms with Gasteiger partial charge < -0.3 is 15.0 Å². The number of hydrogen-bond donors (Lipinski definition) is 1. The van der Waals surface area contributed by atoms with E-state index >= 15 is 0 Å². The van der Waals surface area contributed by atoms with Gasteiger partial charge in [-0.2, -0.15) is 4.99 Å². The Labute approximate surface area is 243 Å². The van der Waals surface area contributed by atoms with Crippen LogP contribution >= 0.6 is 11.8 Å². The molecule has 8 nitrogen and oxygen atoms in total. The number of ether oxygens (including phenoxy) is 1. The number of para-hydroxylation sites is 1. The highest BCUT2D eigenvalue weighted by atomic mass is 32.2. The minimum absolute atomic E-state index is 0.246. The molecule has 1 unspecified atom stereocenters.